The highest BCUT2D eigenvalue weighted by atomic mass is 35.5. The van der Waals surface area contributed by atoms with Gasteiger partial charge in [-0.15, -0.1) is 0 Å². The Hall–Kier alpha value is 0.170. The van der Waals surface area contributed by atoms with E-state index in [1.165, 1.54) is 167 Å². The first-order chi connectivity index (χ1) is 21.0. The highest BCUT2D eigenvalue weighted by Gasteiger charge is 2.29. The molecule has 0 heterocycles. The molecule has 2 unspecified atom stereocenters. The molecule has 0 rings (SSSR count). The summed E-state index contributed by atoms with van der Waals surface area (Å²) in [6.07, 6.45) is 39.9. The van der Waals surface area contributed by atoms with Gasteiger partial charge in [0.25, 0.3) is 0 Å². The van der Waals surface area contributed by atoms with Crippen molar-refractivity contribution in [2.24, 2.45) is 0 Å². The fourth-order valence-electron chi connectivity index (χ4n) is 7.04. The average Bonchev–Trinajstić information content (AvgIpc) is 3.01. The molecule has 0 spiro atoms. The van der Waals surface area contributed by atoms with E-state index in [9.17, 15) is 10.2 Å². The summed E-state index contributed by atoms with van der Waals surface area (Å²) in [5.41, 5.74) is 0. The molecule has 4 heteroatoms. The number of halogens is 1. The normalized spacial score (nSPS) is 13.2. The van der Waals surface area contributed by atoms with Crippen molar-refractivity contribution in [2.45, 2.75) is 233 Å². The monoisotopic (exact) mass is 646 g/mol. The van der Waals surface area contributed by atoms with Crippen molar-refractivity contribution in [1.82, 2.24) is 0 Å². The van der Waals surface area contributed by atoms with Gasteiger partial charge in [-0.2, -0.15) is 0 Å². The van der Waals surface area contributed by atoms with Gasteiger partial charge in [-0.3, -0.25) is 0 Å². The smallest absolute Gasteiger partial charge is 0.105 e. The quantitative estimate of drug-likeness (QED) is 0.0526. The molecule has 0 aliphatic heterocycles. The molecule has 0 fully saturated rings. The first-order valence-corrected chi connectivity index (χ1v) is 20.2. The van der Waals surface area contributed by atoms with E-state index in [0.29, 0.717) is 0 Å². The molecule has 3 nitrogen and oxygen atoms in total. The Morgan fingerprint density at radius 3 is 0.750 bits per heavy atom. The molecule has 2 N–H and O–H groups in total. The number of hydrogen-bond acceptors (Lipinski definition) is 2. The molecular formula is C40H84ClNO2. The van der Waals surface area contributed by atoms with E-state index in [0.717, 1.165) is 56.3 Å². The second-order valence-corrected chi connectivity index (χ2v) is 14.4. The molecule has 44 heavy (non-hydrogen) atoms. The highest BCUT2D eigenvalue weighted by Crippen LogP contribution is 2.18. The van der Waals surface area contributed by atoms with Crippen molar-refractivity contribution in [3.8, 4) is 0 Å². The number of unbranched alkanes of at least 4 members (excludes halogenated alkanes) is 26. The van der Waals surface area contributed by atoms with Gasteiger partial charge in [0.1, 0.15) is 25.3 Å². The van der Waals surface area contributed by atoms with Crippen molar-refractivity contribution < 1.29 is 27.1 Å². The molecule has 0 aromatic rings. The molecule has 0 aromatic carbocycles. The Kier molecular flexibility index (Phi) is 37.9. The lowest BCUT2D eigenvalue weighted by molar-refractivity contribution is -0.930. The van der Waals surface area contributed by atoms with E-state index < -0.39 is 0 Å². The highest BCUT2D eigenvalue weighted by molar-refractivity contribution is 4.62. The van der Waals surface area contributed by atoms with Gasteiger partial charge in [-0.1, -0.05) is 194 Å². The van der Waals surface area contributed by atoms with E-state index in [4.69, 9.17) is 0 Å². The molecule has 0 amide bonds. The van der Waals surface area contributed by atoms with E-state index in [2.05, 4.69) is 27.7 Å². The van der Waals surface area contributed by atoms with Crippen LogP contribution in [0.1, 0.15) is 220 Å². The number of likely N-dealkylation sites (N-methyl/N-ethyl adjacent to an activating group) is 1. The van der Waals surface area contributed by atoms with Crippen molar-refractivity contribution in [3.05, 3.63) is 0 Å². The van der Waals surface area contributed by atoms with Crippen LogP contribution >= 0.6 is 0 Å². The van der Waals surface area contributed by atoms with Gasteiger partial charge in [-0.05, 0) is 26.7 Å². The topological polar surface area (TPSA) is 40.5 Å². The van der Waals surface area contributed by atoms with Gasteiger partial charge < -0.3 is 27.1 Å². The summed E-state index contributed by atoms with van der Waals surface area (Å²) in [5, 5.41) is 21.7. The summed E-state index contributed by atoms with van der Waals surface area (Å²) in [5.74, 6) is 0. The van der Waals surface area contributed by atoms with E-state index >= 15 is 0 Å². The number of quaternary nitrogens is 1. The number of aliphatic hydroxyl groups excluding tert-OH is 2. The molecule has 0 bridgehead atoms. The number of aliphatic hydroxyl groups is 2. The molecule has 0 saturated carbocycles. The predicted molar refractivity (Wildman–Crippen MR) is 193 cm³/mol. The van der Waals surface area contributed by atoms with Crippen LogP contribution in [0, 0.1) is 0 Å². The van der Waals surface area contributed by atoms with E-state index in [-0.39, 0.29) is 24.6 Å². The van der Waals surface area contributed by atoms with E-state index in [1.807, 2.05) is 0 Å². The molecule has 0 aliphatic rings. The van der Waals surface area contributed by atoms with Crippen molar-refractivity contribution in [2.75, 3.05) is 26.2 Å². The van der Waals surface area contributed by atoms with Gasteiger partial charge >= 0.3 is 0 Å². The Balaban J connectivity index is 0. The minimum atomic E-state index is -0.231. The van der Waals surface area contributed by atoms with Gasteiger partial charge in [0.05, 0.1) is 13.1 Å². The molecule has 2 atom stereocenters. The lowest BCUT2D eigenvalue weighted by Crippen LogP contribution is -3.00. The third-order valence-electron chi connectivity index (χ3n) is 10.3. The van der Waals surface area contributed by atoms with Crippen LogP contribution in [0.5, 0.6) is 0 Å². The standard InChI is InChI=1S/C40H84NO2.ClH/c1-5-9-11-13-15-17-19-21-23-25-27-29-31-33-35-39(42)37-41(7-3,8-4)38-40(43)36-34-32-30-28-26-24-22-20-18-16-14-12-10-6-2;/h39-40,42-43H,5-38H2,1-4H3;1H/q+1;/p-1. The number of nitrogens with zero attached hydrogens (tertiary/aromatic N) is 1. The van der Waals surface area contributed by atoms with Crippen LogP contribution in [0.25, 0.3) is 0 Å². The number of rotatable bonds is 36. The maximum atomic E-state index is 10.9. The SMILES string of the molecule is CCCCCCCCCCCCCCCCC(O)C[N+](CC)(CC)CC(O)CCCCCCCCCCCCCCCC.[Cl-]. The van der Waals surface area contributed by atoms with Crippen LogP contribution in [0.2, 0.25) is 0 Å². The zero-order chi connectivity index (χ0) is 31.7. The van der Waals surface area contributed by atoms with Gasteiger partial charge in [0.2, 0.25) is 0 Å². The van der Waals surface area contributed by atoms with Crippen LogP contribution < -0.4 is 12.4 Å². The van der Waals surface area contributed by atoms with Crippen LogP contribution in [0.4, 0.5) is 0 Å². The largest absolute Gasteiger partial charge is 1.00 e. The lowest BCUT2D eigenvalue weighted by Gasteiger charge is -2.40. The molecule has 268 valence electrons. The second-order valence-electron chi connectivity index (χ2n) is 14.4. The second kappa shape index (κ2) is 36.0. The summed E-state index contributed by atoms with van der Waals surface area (Å²) >= 11 is 0. The zero-order valence-electron chi connectivity index (χ0n) is 30.9. The summed E-state index contributed by atoms with van der Waals surface area (Å²) in [6.45, 7) is 12.7. The Labute approximate surface area is 285 Å². The lowest BCUT2D eigenvalue weighted by atomic mass is 10.0. The van der Waals surface area contributed by atoms with Crippen LogP contribution in [0.15, 0.2) is 0 Å². The first kappa shape index (κ1) is 46.3. The minimum Gasteiger partial charge on any atom is -1.00 e. The molecule has 0 aliphatic carbocycles. The summed E-state index contributed by atoms with van der Waals surface area (Å²) in [6, 6.07) is 0. The first-order valence-electron chi connectivity index (χ1n) is 20.2. The van der Waals surface area contributed by atoms with Crippen molar-refractivity contribution in [1.29, 1.82) is 0 Å². The zero-order valence-corrected chi connectivity index (χ0v) is 31.7. The maximum absolute atomic E-state index is 10.9. The molecule has 0 saturated heterocycles. The summed E-state index contributed by atoms with van der Waals surface area (Å²) in [4.78, 5) is 0. The van der Waals surface area contributed by atoms with Crippen molar-refractivity contribution in [3.63, 3.8) is 0 Å². The Morgan fingerprint density at radius 1 is 0.341 bits per heavy atom. The predicted octanol–water partition coefficient (Wildman–Crippen LogP) is 9.31. The van der Waals surface area contributed by atoms with Crippen LogP contribution in [-0.4, -0.2) is 53.1 Å². The fraction of sp³-hybridized carbons (Fsp3) is 1.00. The van der Waals surface area contributed by atoms with Crippen molar-refractivity contribution >= 4 is 0 Å². The molecule has 0 aromatic heterocycles. The maximum Gasteiger partial charge on any atom is 0.105 e. The third kappa shape index (κ3) is 30.8. The van der Waals surface area contributed by atoms with Gasteiger partial charge in [0.15, 0.2) is 0 Å². The van der Waals surface area contributed by atoms with E-state index in [1.54, 1.807) is 0 Å². The average molecular weight is 647 g/mol. The van der Waals surface area contributed by atoms with Crippen LogP contribution in [0.3, 0.4) is 0 Å². The van der Waals surface area contributed by atoms with Crippen LogP contribution in [-0.2, 0) is 0 Å². The Bertz CT molecular complexity index is 486. The summed E-state index contributed by atoms with van der Waals surface area (Å²) in [7, 11) is 0. The minimum absolute atomic E-state index is 0. The Morgan fingerprint density at radius 2 is 0.545 bits per heavy atom. The third-order valence-corrected chi connectivity index (χ3v) is 10.3. The van der Waals surface area contributed by atoms with Gasteiger partial charge in [-0.25, -0.2) is 0 Å². The number of hydrogen-bond donors (Lipinski definition) is 2. The molecular weight excluding hydrogens is 562 g/mol. The fourth-order valence-corrected chi connectivity index (χ4v) is 7.04. The summed E-state index contributed by atoms with van der Waals surface area (Å²) < 4.78 is 0.861. The van der Waals surface area contributed by atoms with Gasteiger partial charge in [0, 0.05) is 0 Å². The molecule has 0 radical (unpaired) electrons.